The smallest absolute Gasteiger partial charge is 0.329 e. The molecule has 0 bridgehead atoms. The fourth-order valence-corrected chi connectivity index (χ4v) is 4.10. The van der Waals surface area contributed by atoms with Gasteiger partial charge in [-0.3, -0.25) is 14.4 Å². The van der Waals surface area contributed by atoms with Gasteiger partial charge in [0.25, 0.3) is 5.91 Å². The van der Waals surface area contributed by atoms with Crippen LogP contribution in [-0.2, 0) is 14.4 Å². The molecule has 3 rings (SSSR count). The lowest BCUT2D eigenvalue weighted by Crippen LogP contribution is -2.32. The molecule has 0 aliphatic heterocycles. The molecule has 0 saturated heterocycles. The molecule has 3 amide bonds. The van der Waals surface area contributed by atoms with E-state index in [1.54, 1.807) is 48.5 Å². The van der Waals surface area contributed by atoms with Crippen LogP contribution >= 0.6 is 22.6 Å². The van der Waals surface area contributed by atoms with Crippen molar-refractivity contribution in [1.82, 2.24) is 5.43 Å². The molecule has 0 saturated carbocycles. The Kier molecular flexibility index (Phi) is 11.5. The number of hydrogen-bond acceptors (Lipinski definition) is 7. The second kappa shape index (κ2) is 15.3. The number of aryl methyl sites for hydroxylation is 1. The number of halogens is 1. The van der Waals surface area contributed by atoms with Crippen LogP contribution in [0.5, 0.6) is 17.2 Å². The summed E-state index contributed by atoms with van der Waals surface area (Å²) in [5.74, 6) is -0.716. The molecule has 208 valence electrons. The fourth-order valence-electron chi connectivity index (χ4n) is 3.32. The SMILES string of the molecule is C=CCOc1ccc(NC(=O)C(=O)N/N=C\c2cc(I)c(OCC(=O)Nc3cccc(C)c3)c(OCC)c2)cc1. The van der Waals surface area contributed by atoms with Crippen LogP contribution in [0.2, 0.25) is 0 Å². The Balaban J connectivity index is 1.57. The van der Waals surface area contributed by atoms with E-state index < -0.39 is 11.8 Å². The molecular weight excluding hydrogens is 627 g/mol. The monoisotopic (exact) mass is 656 g/mol. The maximum absolute atomic E-state index is 12.4. The number of ether oxygens (including phenoxy) is 3. The van der Waals surface area contributed by atoms with Crippen molar-refractivity contribution in [3.05, 3.63) is 88.0 Å². The van der Waals surface area contributed by atoms with Crippen molar-refractivity contribution in [3.8, 4) is 17.2 Å². The first kappa shape index (κ1) is 30.2. The second-order valence-electron chi connectivity index (χ2n) is 8.25. The van der Waals surface area contributed by atoms with Gasteiger partial charge in [-0.05, 0) is 96.1 Å². The third-order valence-electron chi connectivity index (χ3n) is 5.05. The van der Waals surface area contributed by atoms with Crippen molar-refractivity contribution >= 4 is 57.9 Å². The molecule has 0 unspecified atom stereocenters. The summed E-state index contributed by atoms with van der Waals surface area (Å²) >= 11 is 2.06. The van der Waals surface area contributed by atoms with E-state index in [1.165, 1.54) is 6.21 Å². The minimum atomic E-state index is -0.942. The number of carbonyl (C=O) groups excluding carboxylic acids is 3. The lowest BCUT2D eigenvalue weighted by molar-refractivity contribution is -0.136. The van der Waals surface area contributed by atoms with Gasteiger partial charge in [-0.1, -0.05) is 24.8 Å². The van der Waals surface area contributed by atoms with Gasteiger partial charge in [0.1, 0.15) is 12.4 Å². The molecule has 0 spiro atoms. The van der Waals surface area contributed by atoms with E-state index in [0.29, 0.717) is 51.0 Å². The van der Waals surface area contributed by atoms with Gasteiger partial charge in [0.2, 0.25) is 0 Å². The van der Waals surface area contributed by atoms with E-state index >= 15 is 0 Å². The van der Waals surface area contributed by atoms with Gasteiger partial charge in [0, 0.05) is 11.4 Å². The zero-order valence-corrected chi connectivity index (χ0v) is 24.2. The van der Waals surface area contributed by atoms with Gasteiger partial charge in [0.05, 0.1) is 16.4 Å². The van der Waals surface area contributed by atoms with Gasteiger partial charge in [-0.25, -0.2) is 5.43 Å². The quantitative estimate of drug-likeness (QED) is 0.0856. The lowest BCUT2D eigenvalue weighted by atomic mass is 10.2. The highest BCUT2D eigenvalue weighted by Crippen LogP contribution is 2.34. The van der Waals surface area contributed by atoms with E-state index in [1.807, 2.05) is 32.0 Å². The molecule has 0 aliphatic carbocycles. The van der Waals surface area contributed by atoms with E-state index in [4.69, 9.17) is 14.2 Å². The number of rotatable bonds is 12. The molecule has 0 fully saturated rings. The maximum Gasteiger partial charge on any atom is 0.329 e. The van der Waals surface area contributed by atoms with Crippen LogP contribution in [0.1, 0.15) is 18.1 Å². The van der Waals surface area contributed by atoms with Crippen molar-refractivity contribution in [2.24, 2.45) is 5.10 Å². The first-order valence-electron chi connectivity index (χ1n) is 12.2. The van der Waals surface area contributed by atoms with E-state index in [9.17, 15) is 14.4 Å². The molecule has 3 aromatic carbocycles. The minimum absolute atomic E-state index is 0.215. The largest absolute Gasteiger partial charge is 0.490 e. The first-order chi connectivity index (χ1) is 19.3. The minimum Gasteiger partial charge on any atom is -0.490 e. The fraction of sp³-hybridized carbons (Fsp3) is 0.172. The van der Waals surface area contributed by atoms with Crippen LogP contribution in [0.3, 0.4) is 0 Å². The second-order valence-corrected chi connectivity index (χ2v) is 9.41. The Morgan fingerprint density at radius 1 is 0.950 bits per heavy atom. The average molecular weight is 656 g/mol. The van der Waals surface area contributed by atoms with Gasteiger partial charge in [0.15, 0.2) is 18.1 Å². The Morgan fingerprint density at radius 3 is 2.42 bits per heavy atom. The molecule has 0 aromatic heterocycles. The maximum atomic E-state index is 12.4. The number of nitrogens with one attached hydrogen (secondary N) is 3. The van der Waals surface area contributed by atoms with Gasteiger partial charge < -0.3 is 24.8 Å². The van der Waals surface area contributed by atoms with E-state index in [-0.39, 0.29) is 12.5 Å². The lowest BCUT2D eigenvalue weighted by Gasteiger charge is -2.14. The summed E-state index contributed by atoms with van der Waals surface area (Å²) in [6.07, 6.45) is 2.99. The number of benzene rings is 3. The molecule has 11 heteroatoms. The summed E-state index contributed by atoms with van der Waals surface area (Å²) in [7, 11) is 0. The van der Waals surface area contributed by atoms with Gasteiger partial charge in [-0.15, -0.1) is 0 Å². The number of anilines is 2. The number of hydrazone groups is 1. The zero-order chi connectivity index (χ0) is 28.9. The number of carbonyl (C=O) groups is 3. The van der Waals surface area contributed by atoms with Crippen LogP contribution in [0.25, 0.3) is 0 Å². The predicted molar refractivity (Wildman–Crippen MR) is 162 cm³/mol. The van der Waals surface area contributed by atoms with Crippen LogP contribution < -0.4 is 30.3 Å². The number of hydrogen-bond donors (Lipinski definition) is 3. The summed E-state index contributed by atoms with van der Waals surface area (Å²) in [6.45, 7) is 7.85. The van der Waals surface area contributed by atoms with E-state index in [0.717, 1.165) is 5.56 Å². The summed E-state index contributed by atoms with van der Waals surface area (Å²) in [6, 6.07) is 17.4. The highest BCUT2D eigenvalue weighted by molar-refractivity contribution is 14.1. The number of amides is 3. The van der Waals surface area contributed by atoms with Crippen LogP contribution in [0, 0.1) is 10.5 Å². The molecule has 10 nitrogen and oxygen atoms in total. The zero-order valence-electron chi connectivity index (χ0n) is 22.0. The molecule has 40 heavy (non-hydrogen) atoms. The van der Waals surface area contributed by atoms with Crippen molar-refractivity contribution in [3.63, 3.8) is 0 Å². The van der Waals surface area contributed by atoms with Crippen molar-refractivity contribution in [1.29, 1.82) is 0 Å². The molecule has 0 heterocycles. The molecule has 3 N–H and O–H groups in total. The highest BCUT2D eigenvalue weighted by Gasteiger charge is 2.15. The summed E-state index contributed by atoms with van der Waals surface area (Å²) < 4.78 is 17.5. The highest BCUT2D eigenvalue weighted by atomic mass is 127. The molecule has 0 aliphatic rings. The summed E-state index contributed by atoms with van der Waals surface area (Å²) in [5, 5.41) is 9.16. The number of nitrogens with zero attached hydrogens (tertiary/aromatic N) is 1. The van der Waals surface area contributed by atoms with Crippen LogP contribution in [-0.4, -0.2) is 43.8 Å². The predicted octanol–water partition coefficient (Wildman–Crippen LogP) is 4.67. The van der Waals surface area contributed by atoms with Crippen LogP contribution in [0.15, 0.2) is 78.4 Å². The Hall–Kier alpha value is -4.39. The first-order valence-corrected chi connectivity index (χ1v) is 13.3. The third kappa shape index (κ3) is 9.42. The van der Waals surface area contributed by atoms with E-state index in [2.05, 4.69) is 50.3 Å². The Bertz CT molecular complexity index is 1390. The Labute approximate surface area is 245 Å². The topological polar surface area (TPSA) is 127 Å². The normalized spacial score (nSPS) is 10.5. The molecule has 0 atom stereocenters. The summed E-state index contributed by atoms with van der Waals surface area (Å²) in [5.41, 5.74) is 4.92. The Morgan fingerprint density at radius 2 is 1.73 bits per heavy atom. The van der Waals surface area contributed by atoms with Crippen LogP contribution in [0.4, 0.5) is 11.4 Å². The van der Waals surface area contributed by atoms with Crippen molar-refractivity contribution in [2.45, 2.75) is 13.8 Å². The van der Waals surface area contributed by atoms with Crippen molar-refractivity contribution in [2.75, 3.05) is 30.5 Å². The van der Waals surface area contributed by atoms with Crippen molar-refractivity contribution < 1.29 is 28.6 Å². The molecular formula is C29H29IN4O6. The average Bonchev–Trinajstić information content (AvgIpc) is 2.92. The van der Waals surface area contributed by atoms with Gasteiger partial charge in [-0.2, -0.15) is 5.10 Å². The summed E-state index contributed by atoms with van der Waals surface area (Å²) in [4.78, 5) is 36.8. The molecule has 3 aromatic rings. The van der Waals surface area contributed by atoms with Gasteiger partial charge >= 0.3 is 11.8 Å². The molecule has 0 radical (unpaired) electrons. The standard InChI is InChI=1S/C29H29IN4O6/c1-4-13-39-23-11-9-21(10-12-23)33-28(36)29(37)34-31-17-20-15-24(30)27(25(16-20)38-5-2)40-18-26(35)32-22-8-6-7-19(3)14-22/h4,6-12,14-17H,1,5,13,18H2,2-3H3,(H,32,35)(H,33,36)(H,34,37)/b31-17-. The third-order valence-corrected chi connectivity index (χ3v) is 5.85.